The number of thiazole rings is 1. The predicted molar refractivity (Wildman–Crippen MR) is 97.6 cm³/mol. The minimum absolute atomic E-state index is 0.362. The zero-order chi connectivity index (χ0) is 17.9. The van der Waals surface area contributed by atoms with Gasteiger partial charge in [0, 0.05) is 24.0 Å². The standard InChI is InChI=1S/C18H19FN4OS/c1-3-18(2,16-20-8-11-25-16)22-17(24)21-14-7-6-13(19)12-15(14)23-9-4-5-10-23/h4-12H,3H2,1-2H3,(H2,21,22,24). The highest BCUT2D eigenvalue weighted by Crippen LogP contribution is 2.27. The number of urea groups is 1. The van der Waals surface area contributed by atoms with Crippen LogP contribution in [0.3, 0.4) is 0 Å². The fraction of sp³-hybridized carbons (Fsp3) is 0.222. The maximum absolute atomic E-state index is 13.6. The minimum atomic E-state index is -0.564. The molecule has 5 nitrogen and oxygen atoms in total. The summed E-state index contributed by atoms with van der Waals surface area (Å²) in [5.41, 5.74) is 0.520. The van der Waals surface area contributed by atoms with Gasteiger partial charge in [0.1, 0.15) is 10.8 Å². The Morgan fingerprint density at radius 3 is 2.76 bits per heavy atom. The molecule has 7 heteroatoms. The molecule has 0 aliphatic carbocycles. The molecule has 1 unspecified atom stereocenters. The van der Waals surface area contributed by atoms with E-state index >= 15 is 0 Å². The van der Waals surface area contributed by atoms with E-state index in [1.165, 1.54) is 23.5 Å². The van der Waals surface area contributed by atoms with Crippen LogP contribution in [-0.2, 0) is 5.54 Å². The third-order valence-corrected chi connectivity index (χ3v) is 5.13. The number of anilines is 1. The number of rotatable bonds is 5. The van der Waals surface area contributed by atoms with Gasteiger partial charge in [0.25, 0.3) is 0 Å². The molecule has 0 spiro atoms. The molecule has 3 aromatic rings. The number of amides is 2. The van der Waals surface area contributed by atoms with Crippen molar-refractivity contribution in [1.82, 2.24) is 14.9 Å². The van der Waals surface area contributed by atoms with Crippen LogP contribution in [0.5, 0.6) is 0 Å². The average Bonchev–Trinajstić information content (AvgIpc) is 3.30. The Labute approximate surface area is 149 Å². The van der Waals surface area contributed by atoms with Crippen molar-refractivity contribution in [3.8, 4) is 5.69 Å². The lowest BCUT2D eigenvalue weighted by Crippen LogP contribution is -2.45. The second-order valence-corrected chi connectivity index (χ2v) is 6.75. The number of halogens is 1. The minimum Gasteiger partial charge on any atom is -0.326 e. The summed E-state index contributed by atoms with van der Waals surface area (Å²) in [7, 11) is 0. The highest BCUT2D eigenvalue weighted by atomic mass is 32.1. The van der Waals surface area contributed by atoms with E-state index in [2.05, 4.69) is 15.6 Å². The number of nitrogens with one attached hydrogen (secondary N) is 2. The van der Waals surface area contributed by atoms with Gasteiger partial charge in [0.2, 0.25) is 0 Å². The summed E-state index contributed by atoms with van der Waals surface area (Å²) in [4.78, 5) is 16.9. The van der Waals surface area contributed by atoms with Crippen molar-refractivity contribution in [2.24, 2.45) is 0 Å². The summed E-state index contributed by atoms with van der Waals surface area (Å²) in [6.07, 6.45) is 6.01. The molecule has 1 atom stereocenters. The van der Waals surface area contributed by atoms with Crippen LogP contribution in [0, 0.1) is 5.82 Å². The Morgan fingerprint density at radius 1 is 1.36 bits per heavy atom. The number of benzene rings is 1. The Bertz CT molecular complexity index is 848. The molecule has 0 bridgehead atoms. The van der Waals surface area contributed by atoms with E-state index in [1.807, 2.05) is 31.4 Å². The van der Waals surface area contributed by atoms with Gasteiger partial charge in [-0.2, -0.15) is 0 Å². The first kappa shape index (κ1) is 17.2. The van der Waals surface area contributed by atoms with Crippen molar-refractivity contribution in [1.29, 1.82) is 0 Å². The highest BCUT2D eigenvalue weighted by molar-refractivity contribution is 7.09. The molecule has 0 radical (unpaired) electrons. The quantitative estimate of drug-likeness (QED) is 0.704. The van der Waals surface area contributed by atoms with Gasteiger partial charge < -0.3 is 15.2 Å². The fourth-order valence-corrected chi connectivity index (χ4v) is 3.34. The summed E-state index contributed by atoms with van der Waals surface area (Å²) in [6, 6.07) is 7.57. The van der Waals surface area contributed by atoms with Gasteiger partial charge in [-0.15, -0.1) is 11.3 Å². The van der Waals surface area contributed by atoms with Crippen LogP contribution in [0.4, 0.5) is 14.9 Å². The predicted octanol–water partition coefficient (Wildman–Crippen LogP) is 4.52. The van der Waals surface area contributed by atoms with Gasteiger partial charge in [-0.05, 0) is 43.7 Å². The maximum Gasteiger partial charge on any atom is 0.320 e. The molecular formula is C18H19FN4OS. The van der Waals surface area contributed by atoms with Crippen molar-refractivity contribution in [2.45, 2.75) is 25.8 Å². The topological polar surface area (TPSA) is 59.0 Å². The van der Waals surface area contributed by atoms with Crippen molar-refractivity contribution in [3.05, 3.63) is 65.1 Å². The number of hydrogen-bond acceptors (Lipinski definition) is 3. The van der Waals surface area contributed by atoms with E-state index < -0.39 is 5.54 Å². The summed E-state index contributed by atoms with van der Waals surface area (Å²) >= 11 is 1.50. The van der Waals surface area contributed by atoms with Crippen molar-refractivity contribution in [3.63, 3.8) is 0 Å². The zero-order valence-corrected chi connectivity index (χ0v) is 14.8. The molecule has 0 fully saturated rings. The van der Waals surface area contributed by atoms with Crippen LogP contribution in [0.25, 0.3) is 5.69 Å². The van der Waals surface area contributed by atoms with Crippen LogP contribution in [0.15, 0.2) is 54.3 Å². The second-order valence-electron chi connectivity index (χ2n) is 5.85. The van der Waals surface area contributed by atoms with Crippen molar-refractivity contribution in [2.75, 3.05) is 5.32 Å². The maximum atomic E-state index is 13.6. The number of carbonyl (C=O) groups is 1. The molecule has 3 rings (SSSR count). The molecule has 0 aliphatic heterocycles. The summed E-state index contributed by atoms with van der Waals surface area (Å²) in [5, 5.41) is 8.52. The van der Waals surface area contributed by atoms with Crippen LogP contribution >= 0.6 is 11.3 Å². The number of aromatic nitrogens is 2. The molecule has 2 N–H and O–H groups in total. The lowest BCUT2D eigenvalue weighted by atomic mass is 10.0. The summed E-state index contributed by atoms with van der Waals surface area (Å²) < 4.78 is 15.4. The van der Waals surface area contributed by atoms with Crippen LogP contribution in [0.1, 0.15) is 25.3 Å². The second kappa shape index (κ2) is 7.06. The molecule has 0 saturated heterocycles. The summed E-state index contributed by atoms with van der Waals surface area (Å²) in [5.74, 6) is -0.365. The Hall–Kier alpha value is -2.67. The van der Waals surface area contributed by atoms with E-state index in [0.29, 0.717) is 17.8 Å². The van der Waals surface area contributed by atoms with Crippen LogP contribution in [-0.4, -0.2) is 15.6 Å². The molecule has 25 heavy (non-hydrogen) atoms. The lowest BCUT2D eigenvalue weighted by molar-refractivity contribution is 0.237. The Morgan fingerprint density at radius 2 is 2.12 bits per heavy atom. The monoisotopic (exact) mass is 358 g/mol. The SMILES string of the molecule is CCC(C)(NC(=O)Nc1ccc(F)cc1-n1cccc1)c1nccs1. The largest absolute Gasteiger partial charge is 0.326 e. The third-order valence-electron chi connectivity index (χ3n) is 4.09. The van der Waals surface area contributed by atoms with Crippen LogP contribution < -0.4 is 10.6 Å². The zero-order valence-electron chi connectivity index (χ0n) is 14.0. The molecule has 2 heterocycles. The van der Waals surface area contributed by atoms with Gasteiger partial charge in [0.05, 0.1) is 16.9 Å². The van der Waals surface area contributed by atoms with Crippen molar-refractivity contribution < 1.29 is 9.18 Å². The average molecular weight is 358 g/mol. The van der Waals surface area contributed by atoms with Crippen molar-refractivity contribution >= 4 is 23.1 Å². The molecular weight excluding hydrogens is 339 g/mol. The molecule has 0 saturated carbocycles. The first-order valence-electron chi connectivity index (χ1n) is 7.94. The van der Waals surface area contributed by atoms with Crippen LogP contribution in [0.2, 0.25) is 0 Å². The molecule has 2 amide bonds. The van der Waals surface area contributed by atoms with Gasteiger partial charge in [-0.1, -0.05) is 6.92 Å². The number of hydrogen-bond donors (Lipinski definition) is 2. The molecule has 2 aromatic heterocycles. The van der Waals surface area contributed by atoms with Gasteiger partial charge >= 0.3 is 6.03 Å². The van der Waals surface area contributed by atoms with E-state index in [4.69, 9.17) is 0 Å². The number of nitrogens with zero attached hydrogens (tertiary/aromatic N) is 2. The first-order valence-corrected chi connectivity index (χ1v) is 8.82. The third kappa shape index (κ3) is 3.71. The summed E-state index contributed by atoms with van der Waals surface area (Å²) in [6.45, 7) is 3.92. The van der Waals surface area contributed by atoms with Gasteiger partial charge in [0.15, 0.2) is 0 Å². The fourth-order valence-electron chi connectivity index (χ4n) is 2.51. The van der Waals surface area contributed by atoms with Gasteiger partial charge in [-0.3, -0.25) is 0 Å². The smallest absolute Gasteiger partial charge is 0.320 e. The highest BCUT2D eigenvalue weighted by Gasteiger charge is 2.29. The number of carbonyl (C=O) groups excluding carboxylic acids is 1. The molecule has 130 valence electrons. The van der Waals surface area contributed by atoms with E-state index in [1.54, 1.807) is 29.2 Å². The Balaban J connectivity index is 1.82. The van der Waals surface area contributed by atoms with Gasteiger partial charge in [-0.25, -0.2) is 14.2 Å². The van der Waals surface area contributed by atoms with E-state index in [0.717, 1.165) is 5.01 Å². The lowest BCUT2D eigenvalue weighted by Gasteiger charge is -2.27. The normalized spacial score (nSPS) is 13.2. The molecule has 0 aliphatic rings. The first-order chi connectivity index (χ1) is 12.0. The van der Waals surface area contributed by atoms with E-state index in [-0.39, 0.29) is 11.8 Å². The molecule has 1 aromatic carbocycles. The van der Waals surface area contributed by atoms with E-state index in [9.17, 15) is 9.18 Å². The Kier molecular flexibility index (Phi) is 4.85.